The highest BCUT2D eigenvalue weighted by Crippen LogP contribution is 2.40. The fraction of sp³-hybridized carbons (Fsp3) is 0.435. The third kappa shape index (κ3) is 4.37. The maximum absolute atomic E-state index is 14.0. The number of piperidine rings is 1. The topological polar surface area (TPSA) is 76.5 Å². The number of halogens is 2. The number of nitrogens with zero attached hydrogens (tertiary/aromatic N) is 4. The summed E-state index contributed by atoms with van der Waals surface area (Å²) in [6.07, 6.45) is 6.79. The van der Waals surface area contributed by atoms with Gasteiger partial charge in [-0.25, -0.2) is 13.9 Å². The van der Waals surface area contributed by atoms with Crippen LogP contribution < -0.4 is 5.73 Å². The standard InChI is InChI=1S/C22H23BrFN5O.CH4S/c1-12-8-17(13-5-6-13)26-20-11-18(27-29(12)20)19-4-2-3-7-28(19)22(30)15-9-14(24)10-16(23)21(15)25;1-2/h8-11,13,19H,2-7,25H2,1H3;2H,1H3. The molecule has 6 nitrogen and oxygen atoms in total. The molecule has 170 valence electrons. The van der Waals surface area contributed by atoms with Crippen LogP contribution in [-0.4, -0.2) is 38.2 Å². The lowest BCUT2D eigenvalue weighted by Gasteiger charge is -2.35. The first-order valence-corrected chi connectivity index (χ1v) is 12.5. The Bertz CT molecular complexity index is 1160. The van der Waals surface area contributed by atoms with Gasteiger partial charge in [0.25, 0.3) is 5.91 Å². The van der Waals surface area contributed by atoms with Gasteiger partial charge in [0.1, 0.15) is 5.82 Å². The Hall–Kier alpha value is -2.13. The summed E-state index contributed by atoms with van der Waals surface area (Å²) in [6, 6.07) is 6.40. The van der Waals surface area contributed by atoms with E-state index in [0.29, 0.717) is 16.9 Å². The molecule has 3 heterocycles. The second-order valence-corrected chi connectivity index (χ2v) is 9.15. The van der Waals surface area contributed by atoms with E-state index < -0.39 is 5.82 Å². The van der Waals surface area contributed by atoms with Gasteiger partial charge < -0.3 is 10.6 Å². The lowest BCUT2D eigenvalue weighted by molar-refractivity contribution is 0.0606. The smallest absolute Gasteiger partial charge is 0.256 e. The van der Waals surface area contributed by atoms with E-state index in [9.17, 15) is 9.18 Å². The number of nitrogens with two attached hydrogens (primary N) is 1. The number of amides is 1. The lowest BCUT2D eigenvalue weighted by Crippen LogP contribution is -2.39. The molecular formula is C23H27BrFN5OS. The number of hydrogen-bond donors (Lipinski definition) is 2. The monoisotopic (exact) mass is 519 g/mol. The Balaban J connectivity index is 0.00000119. The Morgan fingerprint density at radius 2 is 1.91 bits per heavy atom. The number of carbonyl (C=O) groups excluding carboxylic acids is 1. The molecule has 1 saturated heterocycles. The van der Waals surface area contributed by atoms with Gasteiger partial charge >= 0.3 is 0 Å². The van der Waals surface area contributed by atoms with Crippen LogP contribution in [-0.2, 0) is 0 Å². The summed E-state index contributed by atoms with van der Waals surface area (Å²) in [6.45, 7) is 2.62. The van der Waals surface area contributed by atoms with Gasteiger partial charge in [0.15, 0.2) is 5.65 Å². The molecule has 1 aliphatic carbocycles. The quantitative estimate of drug-likeness (QED) is 0.363. The summed E-state index contributed by atoms with van der Waals surface area (Å²) in [7, 11) is 0. The van der Waals surface area contributed by atoms with Crippen molar-refractivity contribution in [3.63, 3.8) is 0 Å². The summed E-state index contributed by atoms with van der Waals surface area (Å²) in [5.74, 6) is -0.194. The Morgan fingerprint density at radius 3 is 2.62 bits per heavy atom. The van der Waals surface area contributed by atoms with E-state index >= 15 is 0 Å². The van der Waals surface area contributed by atoms with Crippen LogP contribution in [0.25, 0.3) is 5.65 Å². The fourth-order valence-electron chi connectivity index (χ4n) is 4.32. The molecule has 1 amide bonds. The average molecular weight is 520 g/mol. The van der Waals surface area contributed by atoms with E-state index in [4.69, 9.17) is 15.8 Å². The van der Waals surface area contributed by atoms with Crippen molar-refractivity contribution < 1.29 is 9.18 Å². The highest BCUT2D eigenvalue weighted by atomic mass is 79.9. The summed E-state index contributed by atoms with van der Waals surface area (Å²) in [5.41, 5.74) is 10.3. The summed E-state index contributed by atoms with van der Waals surface area (Å²) in [5, 5.41) is 4.79. The van der Waals surface area contributed by atoms with Crippen LogP contribution in [0.2, 0.25) is 0 Å². The second kappa shape index (κ2) is 9.39. The molecule has 0 radical (unpaired) electrons. The summed E-state index contributed by atoms with van der Waals surface area (Å²) < 4.78 is 16.2. The van der Waals surface area contributed by atoms with Gasteiger partial charge in [-0.2, -0.15) is 17.7 Å². The molecule has 1 aliphatic heterocycles. The van der Waals surface area contributed by atoms with Crippen LogP contribution in [0.3, 0.4) is 0 Å². The molecule has 32 heavy (non-hydrogen) atoms. The molecule has 2 aromatic heterocycles. The summed E-state index contributed by atoms with van der Waals surface area (Å²) in [4.78, 5) is 19.9. The first-order valence-electron chi connectivity index (χ1n) is 10.8. The molecule has 2 aliphatic rings. The maximum atomic E-state index is 14.0. The van der Waals surface area contributed by atoms with Crippen LogP contribution >= 0.6 is 28.6 Å². The number of hydrogen-bond acceptors (Lipinski definition) is 5. The first-order chi connectivity index (χ1) is 15.4. The van der Waals surface area contributed by atoms with Gasteiger partial charge in [0, 0.05) is 34.4 Å². The number of nitrogen functional groups attached to an aromatic ring is 1. The van der Waals surface area contributed by atoms with Crippen molar-refractivity contribution >= 4 is 45.8 Å². The number of anilines is 1. The largest absolute Gasteiger partial charge is 0.397 e. The number of benzene rings is 1. The van der Waals surface area contributed by atoms with Gasteiger partial charge in [0.2, 0.25) is 0 Å². The third-order valence-corrected chi connectivity index (χ3v) is 6.73. The molecule has 1 saturated carbocycles. The minimum Gasteiger partial charge on any atom is -0.397 e. The number of fused-ring (bicyclic) bond motifs is 1. The summed E-state index contributed by atoms with van der Waals surface area (Å²) >= 11 is 6.77. The highest BCUT2D eigenvalue weighted by molar-refractivity contribution is 9.10. The number of aryl methyl sites for hydroxylation is 1. The van der Waals surface area contributed by atoms with Gasteiger partial charge in [-0.3, -0.25) is 4.79 Å². The molecule has 1 unspecified atom stereocenters. The first kappa shape index (κ1) is 23.0. The predicted octanol–water partition coefficient (Wildman–Crippen LogP) is 5.31. The lowest BCUT2D eigenvalue weighted by atomic mass is 9.98. The van der Waals surface area contributed by atoms with Crippen LogP contribution in [0.5, 0.6) is 0 Å². The number of likely N-dealkylation sites (tertiary alicyclic amines) is 1. The van der Waals surface area contributed by atoms with Gasteiger partial charge in [-0.15, -0.1) is 0 Å². The SMILES string of the molecule is CS.Cc1cc(C2CC2)nc2cc(C3CCCCN3C(=O)c3cc(F)cc(Br)c3N)nn12. The third-order valence-electron chi connectivity index (χ3n) is 6.07. The highest BCUT2D eigenvalue weighted by Gasteiger charge is 2.33. The Morgan fingerprint density at radius 1 is 1.16 bits per heavy atom. The zero-order chi connectivity index (χ0) is 23.0. The Kier molecular flexibility index (Phi) is 6.76. The fourth-order valence-corrected chi connectivity index (χ4v) is 4.75. The van der Waals surface area contributed by atoms with E-state index in [2.05, 4.69) is 34.6 Å². The zero-order valence-electron chi connectivity index (χ0n) is 18.2. The molecule has 5 rings (SSSR count). The van der Waals surface area contributed by atoms with Crippen LogP contribution in [0, 0.1) is 12.7 Å². The molecule has 1 atom stereocenters. The molecule has 3 aromatic rings. The van der Waals surface area contributed by atoms with Crippen LogP contribution in [0.15, 0.2) is 28.7 Å². The van der Waals surface area contributed by atoms with E-state index in [1.807, 2.05) is 17.5 Å². The molecule has 0 spiro atoms. The predicted molar refractivity (Wildman–Crippen MR) is 131 cm³/mol. The molecule has 2 fully saturated rings. The van der Waals surface area contributed by atoms with E-state index in [1.54, 1.807) is 11.2 Å². The van der Waals surface area contributed by atoms with E-state index in [0.717, 1.165) is 42.0 Å². The zero-order valence-corrected chi connectivity index (χ0v) is 20.7. The normalized spacial score (nSPS) is 18.4. The minimum atomic E-state index is -0.492. The van der Waals surface area contributed by atoms with Crippen molar-refractivity contribution in [3.05, 3.63) is 57.2 Å². The average Bonchev–Trinajstić information content (AvgIpc) is 3.56. The van der Waals surface area contributed by atoms with Crippen molar-refractivity contribution in [3.8, 4) is 0 Å². The maximum Gasteiger partial charge on any atom is 0.256 e. The van der Waals surface area contributed by atoms with Crippen molar-refractivity contribution in [2.45, 2.75) is 51.0 Å². The number of carbonyl (C=O) groups is 1. The number of aromatic nitrogens is 3. The molecule has 0 bridgehead atoms. The molecule has 2 N–H and O–H groups in total. The van der Waals surface area contributed by atoms with Gasteiger partial charge in [0.05, 0.1) is 23.0 Å². The molecule has 1 aromatic carbocycles. The number of thiol groups is 1. The van der Waals surface area contributed by atoms with E-state index in [-0.39, 0.29) is 23.2 Å². The van der Waals surface area contributed by atoms with Gasteiger partial charge in [-0.1, -0.05) is 0 Å². The van der Waals surface area contributed by atoms with Crippen molar-refractivity contribution in [1.29, 1.82) is 0 Å². The second-order valence-electron chi connectivity index (χ2n) is 8.29. The molecule has 9 heteroatoms. The molecular weight excluding hydrogens is 493 g/mol. The van der Waals surface area contributed by atoms with Gasteiger partial charge in [-0.05, 0) is 79.4 Å². The Labute approximate surface area is 200 Å². The van der Waals surface area contributed by atoms with Crippen molar-refractivity contribution in [2.75, 3.05) is 18.5 Å². The van der Waals surface area contributed by atoms with Crippen LogP contribution in [0.4, 0.5) is 10.1 Å². The van der Waals surface area contributed by atoms with Crippen molar-refractivity contribution in [2.24, 2.45) is 0 Å². The minimum absolute atomic E-state index is 0.182. The number of rotatable bonds is 3. The van der Waals surface area contributed by atoms with Crippen molar-refractivity contribution in [1.82, 2.24) is 19.5 Å². The van der Waals surface area contributed by atoms with Crippen LogP contribution in [0.1, 0.15) is 71.5 Å². The van der Waals surface area contributed by atoms with E-state index in [1.165, 1.54) is 25.0 Å².